The number of aryl methyl sites for hydroxylation is 1. The van der Waals surface area contributed by atoms with Crippen LogP contribution in [0.4, 0.5) is 18.9 Å². The van der Waals surface area contributed by atoms with Gasteiger partial charge in [-0.2, -0.15) is 13.2 Å². The Kier molecular flexibility index (Phi) is 5.46. The Hall–Kier alpha value is -2.48. The lowest BCUT2D eigenvalue weighted by Crippen LogP contribution is -2.34. The minimum atomic E-state index is -4.48. The number of thioether (sulfide) groups is 1. The zero-order valence-corrected chi connectivity index (χ0v) is 15.2. The van der Waals surface area contributed by atoms with Crippen LogP contribution in [-0.4, -0.2) is 17.1 Å². The summed E-state index contributed by atoms with van der Waals surface area (Å²) in [6.45, 7) is 2.32. The third-order valence-electron chi connectivity index (χ3n) is 4.11. The summed E-state index contributed by atoms with van der Waals surface area (Å²) >= 11 is 1.10. The average Bonchev–Trinajstić information content (AvgIpc) is 2.60. The van der Waals surface area contributed by atoms with Gasteiger partial charge in [-0.25, -0.2) is 0 Å². The Labute approximate surface area is 158 Å². The van der Waals surface area contributed by atoms with Crippen LogP contribution < -0.4 is 10.6 Å². The zero-order valence-electron chi connectivity index (χ0n) is 14.4. The maximum atomic E-state index is 12.8. The van der Waals surface area contributed by atoms with Crippen molar-refractivity contribution in [1.82, 2.24) is 5.32 Å². The van der Waals surface area contributed by atoms with Gasteiger partial charge in [-0.15, -0.1) is 11.8 Å². The molecule has 0 bridgehead atoms. The van der Waals surface area contributed by atoms with Gasteiger partial charge in [0.15, 0.2) is 0 Å². The fourth-order valence-corrected chi connectivity index (χ4v) is 3.70. The average molecular weight is 394 g/mol. The highest BCUT2D eigenvalue weighted by Crippen LogP contribution is 2.40. The quantitative estimate of drug-likeness (QED) is 0.820. The van der Waals surface area contributed by atoms with Gasteiger partial charge in [-0.05, 0) is 30.7 Å². The molecule has 0 radical (unpaired) electrons. The molecule has 0 saturated heterocycles. The first-order valence-corrected chi connectivity index (χ1v) is 9.11. The maximum Gasteiger partial charge on any atom is 0.416 e. The van der Waals surface area contributed by atoms with Crippen LogP contribution in [0.15, 0.2) is 47.4 Å². The summed E-state index contributed by atoms with van der Waals surface area (Å²) in [5.74, 6) is -0.768. The van der Waals surface area contributed by atoms with Crippen LogP contribution in [0, 0.1) is 6.92 Å². The summed E-state index contributed by atoms with van der Waals surface area (Å²) in [5, 5.41) is 4.54. The van der Waals surface area contributed by atoms with Crippen LogP contribution in [0.3, 0.4) is 0 Å². The van der Waals surface area contributed by atoms with E-state index in [1.807, 2.05) is 31.2 Å². The summed E-state index contributed by atoms with van der Waals surface area (Å²) in [6, 6.07) is 10.9. The monoisotopic (exact) mass is 394 g/mol. The van der Waals surface area contributed by atoms with Crippen LogP contribution in [0.1, 0.15) is 23.1 Å². The minimum Gasteiger partial charge on any atom is -0.352 e. The molecule has 3 rings (SSSR count). The van der Waals surface area contributed by atoms with Gasteiger partial charge < -0.3 is 10.6 Å². The Morgan fingerprint density at radius 1 is 1.19 bits per heavy atom. The van der Waals surface area contributed by atoms with Gasteiger partial charge in [0.25, 0.3) is 0 Å². The highest BCUT2D eigenvalue weighted by molar-refractivity contribution is 8.01. The third-order valence-corrected chi connectivity index (χ3v) is 5.38. The van der Waals surface area contributed by atoms with Gasteiger partial charge in [0.05, 0.1) is 16.5 Å². The number of carbonyl (C=O) groups is 2. The molecule has 4 nitrogen and oxygen atoms in total. The molecule has 1 heterocycles. The smallest absolute Gasteiger partial charge is 0.352 e. The number of rotatable bonds is 4. The predicted octanol–water partition coefficient (Wildman–Crippen LogP) is 4.13. The number of anilines is 1. The minimum absolute atomic E-state index is 0.0528. The highest BCUT2D eigenvalue weighted by atomic mass is 32.2. The second-order valence-electron chi connectivity index (χ2n) is 6.27. The van der Waals surface area contributed by atoms with Gasteiger partial charge in [0.1, 0.15) is 0 Å². The van der Waals surface area contributed by atoms with Crippen molar-refractivity contribution in [3.63, 3.8) is 0 Å². The summed E-state index contributed by atoms with van der Waals surface area (Å²) in [5.41, 5.74) is 1.36. The summed E-state index contributed by atoms with van der Waals surface area (Å²) < 4.78 is 38.3. The molecule has 0 aliphatic carbocycles. The van der Waals surface area contributed by atoms with Crippen LogP contribution in [-0.2, 0) is 22.3 Å². The number of alkyl halides is 3. The van der Waals surface area contributed by atoms with Crippen molar-refractivity contribution >= 4 is 29.3 Å². The normalized spacial score (nSPS) is 16.4. The molecule has 2 amide bonds. The van der Waals surface area contributed by atoms with Crippen molar-refractivity contribution < 1.29 is 22.8 Å². The van der Waals surface area contributed by atoms with Gasteiger partial charge in [0.2, 0.25) is 11.8 Å². The number of hydrogen-bond donors (Lipinski definition) is 2. The lowest BCUT2D eigenvalue weighted by atomic mass is 10.1. The van der Waals surface area contributed by atoms with Crippen LogP contribution in [0.2, 0.25) is 0 Å². The van der Waals surface area contributed by atoms with E-state index in [1.54, 1.807) is 0 Å². The second kappa shape index (κ2) is 7.64. The first-order valence-electron chi connectivity index (χ1n) is 8.23. The molecule has 142 valence electrons. The molecule has 1 aliphatic rings. The van der Waals surface area contributed by atoms with Gasteiger partial charge in [-0.3, -0.25) is 9.59 Å². The Bertz CT molecular complexity index is 866. The van der Waals surface area contributed by atoms with Gasteiger partial charge >= 0.3 is 6.18 Å². The number of nitrogens with one attached hydrogen (secondary N) is 2. The molecular weight excluding hydrogens is 377 g/mol. The summed E-state index contributed by atoms with van der Waals surface area (Å²) in [4.78, 5) is 24.8. The van der Waals surface area contributed by atoms with Crippen LogP contribution in [0.25, 0.3) is 0 Å². The molecule has 8 heteroatoms. The lowest BCUT2D eigenvalue weighted by Gasteiger charge is -2.24. The lowest BCUT2D eigenvalue weighted by molar-refractivity contribution is -0.137. The summed E-state index contributed by atoms with van der Waals surface area (Å²) in [7, 11) is 0. The van der Waals surface area contributed by atoms with E-state index in [0.717, 1.165) is 35.0 Å². The van der Waals surface area contributed by atoms with E-state index in [0.29, 0.717) is 11.4 Å². The molecule has 27 heavy (non-hydrogen) atoms. The van der Waals surface area contributed by atoms with E-state index in [2.05, 4.69) is 10.6 Å². The predicted molar refractivity (Wildman–Crippen MR) is 97.4 cm³/mol. The molecule has 2 aromatic carbocycles. The number of amides is 2. The van der Waals surface area contributed by atoms with E-state index < -0.39 is 22.9 Å². The third kappa shape index (κ3) is 4.82. The van der Waals surface area contributed by atoms with E-state index in [-0.39, 0.29) is 18.0 Å². The molecular formula is C19H17F3N2O2S. The van der Waals surface area contributed by atoms with Crippen molar-refractivity contribution in [1.29, 1.82) is 0 Å². The number of halogens is 3. The molecule has 2 aromatic rings. The summed E-state index contributed by atoms with van der Waals surface area (Å²) in [6.07, 6.45) is -4.53. The topological polar surface area (TPSA) is 58.2 Å². The second-order valence-corrected chi connectivity index (χ2v) is 7.52. The van der Waals surface area contributed by atoms with Crippen LogP contribution >= 0.6 is 11.8 Å². The molecule has 1 aliphatic heterocycles. The van der Waals surface area contributed by atoms with E-state index in [9.17, 15) is 22.8 Å². The fraction of sp³-hybridized carbons (Fsp3) is 0.263. The first kappa shape index (κ1) is 19.3. The van der Waals surface area contributed by atoms with Crippen molar-refractivity contribution in [2.45, 2.75) is 36.2 Å². The maximum absolute atomic E-state index is 12.8. The van der Waals surface area contributed by atoms with Crippen molar-refractivity contribution in [3.8, 4) is 0 Å². The van der Waals surface area contributed by atoms with Crippen molar-refractivity contribution in [2.24, 2.45) is 0 Å². The number of carbonyl (C=O) groups excluding carboxylic acids is 2. The standard InChI is InChI=1S/C19H17F3N2O2S/c1-11-2-4-12(5-3-11)10-23-17(25)9-16-18(26)24-14-8-13(19(20,21)22)6-7-15(14)27-16/h2-8,16H,9-10H2,1H3,(H,23,25)(H,24,26). The van der Waals surface area contributed by atoms with E-state index >= 15 is 0 Å². The first-order chi connectivity index (χ1) is 12.7. The van der Waals surface area contributed by atoms with Crippen molar-refractivity contribution in [3.05, 3.63) is 59.2 Å². The molecule has 0 aromatic heterocycles. The Balaban J connectivity index is 1.60. The number of fused-ring (bicyclic) bond motifs is 1. The van der Waals surface area contributed by atoms with Gasteiger partial charge in [-0.1, -0.05) is 29.8 Å². The molecule has 2 N–H and O–H groups in total. The fourth-order valence-electron chi connectivity index (χ4n) is 2.61. The molecule has 0 spiro atoms. The molecule has 1 atom stereocenters. The number of hydrogen-bond acceptors (Lipinski definition) is 3. The largest absolute Gasteiger partial charge is 0.416 e. The molecule has 1 unspecified atom stereocenters. The molecule has 0 saturated carbocycles. The zero-order chi connectivity index (χ0) is 19.6. The van der Waals surface area contributed by atoms with E-state index in [4.69, 9.17) is 0 Å². The highest BCUT2D eigenvalue weighted by Gasteiger charge is 2.34. The van der Waals surface area contributed by atoms with E-state index in [1.165, 1.54) is 6.07 Å². The number of benzene rings is 2. The SMILES string of the molecule is Cc1ccc(CNC(=O)CC2Sc3ccc(C(F)(F)F)cc3NC2=O)cc1. The van der Waals surface area contributed by atoms with Crippen molar-refractivity contribution in [2.75, 3.05) is 5.32 Å². The Morgan fingerprint density at radius 3 is 2.56 bits per heavy atom. The Morgan fingerprint density at radius 2 is 1.89 bits per heavy atom. The van der Waals surface area contributed by atoms with Crippen LogP contribution in [0.5, 0.6) is 0 Å². The van der Waals surface area contributed by atoms with Gasteiger partial charge in [0, 0.05) is 17.9 Å². The molecule has 0 fully saturated rings.